The van der Waals surface area contributed by atoms with E-state index in [4.69, 9.17) is 9.47 Å². The second-order valence-electron chi connectivity index (χ2n) is 4.90. The molecule has 2 N–H and O–H groups in total. The Morgan fingerprint density at radius 2 is 2.08 bits per heavy atom. The zero-order valence-corrected chi connectivity index (χ0v) is 14.2. The summed E-state index contributed by atoms with van der Waals surface area (Å²) in [6.45, 7) is 1.55. The number of hydrogen-bond donors (Lipinski definition) is 2. The Morgan fingerprint density at radius 1 is 1.33 bits per heavy atom. The minimum atomic E-state index is -3.84. The van der Waals surface area contributed by atoms with Crippen molar-refractivity contribution in [1.82, 2.24) is 14.9 Å². The number of para-hydroxylation sites is 2. The Morgan fingerprint density at radius 3 is 2.83 bits per heavy atom. The van der Waals surface area contributed by atoms with Gasteiger partial charge < -0.3 is 14.8 Å². The van der Waals surface area contributed by atoms with Gasteiger partial charge in [0, 0.05) is 6.92 Å². The zero-order valence-electron chi connectivity index (χ0n) is 12.6. The Hall–Kier alpha value is -2.24. The molecule has 0 unspecified atom stereocenters. The lowest BCUT2D eigenvalue weighted by Crippen LogP contribution is -2.40. The first kappa shape index (κ1) is 16.6. The maximum atomic E-state index is 12.2. The standard InChI is InChI=1S/C13H14N4O5S2/c1-8(18)15-12-16-17-13(23-12)24(19,20)14-6-9-7-21-10-4-2-3-5-11(10)22-9/h2-5,9,14H,6-7H2,1H3,(H,15,16,18)/t9-/m0/s1. The molecule has 128 valence electrons. The number of carbonyl (C=O) groups excluding carboxylic acids is 1. The van der Waals surface area contributed by atoms with Crippen LogP contribution >= 0.6 is 11.3 Å². The van der Waals surface area contributed by atoms with Crippen molar-refractivity contribution >= 4 is 32.4 Å². The number of ether oxygens (including phenoxy) is 2. The fourth-order valence-corrected chi connectivity index (χ4v) is 4.00. The molecule has 1 amide bonds. The zero-order chi connectivity index (χ0) is 17.2. The number of benzene rings is 1. The van der Waals surface area contributed by atoms with E-state index < -0.39 is 16.1 Å². The summed E-state index contributed by atoms with van der Waals surface area (Å²) in [5.41, 5.74) is 0. The van der Waals surface area contributed by atoms with Crippen molar-refractivity contribution in [2.75, 3.05) is 18.5 Å². The van der Waals surface area contributed by atoms with Crippen molar-refractivity contribution in [1.29, 1.82) is 0 Å². The normalized spacial score (nSPS) is 16.6. The minimum Gasteiger partial charge on any atom is -0.486 e. The van der Waals surface area contributed by atoms with Gasteiger partial charge in [0.1, 0.15) is 12.7 Å². The summed E-state index contributed by atoms with van der Waals surface area (Å²) in [6.07, 6.45) is -0.461. The van der Waals surface area contributed by atoms with Gasteiger partial charge in [-0.3, -0.25) is 4.79 Å². The average molecular weight is 370 g/mol. The molecule has 1 aliphatic rings. The van der Waals surface area contributed by atoms with Gasteiger partial charge in [-0.2, -0.15) is 0 Å². The predicted octanol–water partition coefficient (Wildman–Crippen LogP) is 0.615. The smallest absolute Gasteiger partial charge is 0.269 e. The first-order valence-corrected chi connectivity index (χ1v) is 9.23. The van der Waals surface area contributed by atoms with Crippen molar-refractivity contribution in [3.8, 4) is 11.5 Å². The Kier molecular flexibility index (Phi) is 4.64. The van der Waals surface area contributed by atoms with Crippen LogP contribution in [0.15, 0.2) is 28.6 Å². The fourth-order valence-electron chi connectivity index (χ4n) is 1.95. The maximum absolute atomic E-state index is 12.2. The number of nitrogens with zero attached hydrogens (tertiary/aromatic N) is 2. The number of nitrogens with one attached hydrogen (secondary N) is 2. The summed E-state index contributed by atoms with van der Waals surface area (Å²) in [6, 6.07) is 7.16. The van der Waals surface area contributed by atoms with Gasteiger partial charge in [0.2, 0.25) is 15.4 Å². The maximum Gasteiger partial charge on any atom is 0.269 e. The van der Waals surface area contributed by atoms with E-state index in [-0.39, 0.29) is 28.5 Å². The molecule has 1 aliphatic heterocycles. The summed E-state index contributed by atoms with van der Waals surface area (Å²) >= 11 is 0.767. The summed E-state index contributed by atoms with van der Waals surface area (Å²) in [5, 5.41) is 9.68. The lowest BCUT2D eigenvalue weighted by atomic mass is 10.2. The SMILES string of the molecule is CC(=O)Nc1nnc(S(=O)(=O)NC[C@H]2COc3ccccc3O2)s1. The van der Waals surface area contributed by atoms with E-state index in [2.05, 4.69) is 20.2 Å². The van der Waals surface area contributed by atoms with Crippen molar-refractivity contribution in [2.45, 2.75) is 17.4 Å². The summed E-state index contributed by atoms with van der Waals surface area (Å²) in [4.78, 5) is 10.9. The van der Waals surface area contributed by atoms with Gasteiger partial charge in [0.05, 0.1) is 6.54 Å². The van der Waals surface area contributed by atoms with Crippen LogP contribution in [0.25, 0.3) is 0 Å². The molecular formula is C13H14N4O5S2. The Bertz CT molecular complexity index is 852. The van der Waals surface area contributed by atoms with Crippen molar-refractivity contribution in [2.24, 2.45) is 0 Å². The highest BCUT2D eigenvalue weighted by molar-refractivity contribution is 7.91. The van der Waals surface area contributed by atoms with Crippen LogP contribution in [0.2, 0.25) is 0 Å². The lowest BCUT2D eigenvalue weighted by molar-refractivity contribution is -0.114. The van der Waals surface area contributed by atoms with Crippen LogP contribution < -0.4 is 19.5 Å². The van der Waals surface area contributed by atoms with Crippen LogP contribution in [0.5, 0.6) is 11.5 Å². The van der Waals surface area contributed by atoms with E-state index in [9.17, 15) is 13.2 Å². The molecule has 0 saturated carbocycles. The van der Waals surface area contributed by atoms with Gasteiger partial charge in [-0.05, 0) is 12.1 Å². The molecule has 1 aromatic carbocycles. The number of aromatic nitrogens is 2. The summed E-state index contributed by atoms with van der Waals surface area (Å²) in [7, 11) is -3.84. The largest absolute Gasteiger partial charge is 0.486 e. The highest BCUT2D eigenvalue weighted by atomic mass is 32.2. The quantitative estimate of drug-likeness (QED) is 0.740. The van der Waals surface area contributed by atoms with Gasteiger partial charge >= 0.3 is 0 Å². The van der Waals surface area contributed by atoms with Crippen LogP contribution in [-0.4, -0.2) is 43.8 Å². The van der Waals surface area contributed by atoms with E-state index in [1.54, 1.807) is 18.2 Å². The molecule has 0 radical (unpaired) electrons. The van der Waals surface area contributed by atoms with Crippen molar-refractivity contribution in [3.05, 3.63) is 24.3 Å². The number of amides is 1. The van der Waals surface area contributed by atoms with E-state index >= 15 is 0 Å². The van der Waals surface area contributed by atoms with E-state index in [0.717, 1.165) is 11.3 Å². The van der Waals surface area contributed by atoms with Crippen LogP contribution in [0.1, 0.15) is 6.92 Å². The van der Waals surface area contributed by atoms with Gasteiger partial charge in [-0.15, -0.1) is 10.2 Å². The van der Waals surface area contributed by atoms with Crippen LogP contribution in [-0.2, 0) is 14.8 Å². The third-order valence-electron chi connectivity index (χ3n) is 2.99. The first-order valence-electron chi connectivity index (χ1n) is 6.93. The van der Waals surface area contributed by atoms with Crippen LogP contribution in [0.4, 0.5) is 5.13 Å². The summed E-state index contributed by atoms with van der Waals surface area (Å²) < 4.78 is 37.8. The molecule has 0 fully saturated rings. The molecule has 2 heterocycles. The first-order chi connectivity index (χ1) is 11.4. The molecule has 0 aliphatic carbocycles. The van der Waals surface area contributed by atoms with Gasteiger partial charge in [0.15, 0.2) is 11.5 Å². The molecule has 1 atom stereocenters. The number of rotatable bonds is 5. The van der Waals surface area contributed by atoms with Gasteiger partial charge in [-0.25, -0.2) is 13.1 Å². The van der Waals surface area contributed by atoms with Crippen molar-refractivity contribution < 1.29 is 22.7 Å². The second-order valence-corrected chi connectivity index (χ2v) is 7.82. The van der Waals surface area contributed by atoms with Crippen LogP contribution in [0.3, 0.4) is 0 Å². The van der Waals surface area contributed by atoms with E-state index in [0.29, 0.717) is 11.5 Å². The number of sulfonamides is 1. The molecule has 24 heavy (non-hydrogen) atoms. The third-order valence-corrected chi connectivity index (χ3v) is 5.62. The molecule has 0 saturated heterocycles. The highest BCUT2D eigenvalue weighted by Crippen LogP contribution is 2.30. The van der Waals surface area contributed by atoms with E-state index in [1.165, 1.54) is 6.92 Å². The van der Waals surface area contributed by atoms with Crippen molar-refractivity contribution in [3.63, 3.8) is 0 Å². The lowest BCUT2D eigenvalue weighted by Gasteiger charge is -2.26. The third kappa shape index (κ3) is 3.80. The highest BCUT2D eigenvalue weighted by Gasteiger charge is 2.25. The van der Waals surface area contributed by atoms with E-state index in [1.807, 2.05) is 6.07 Å². The number of fused-ring (bicyclic) bond motifs is 1. The molecule has 3 rings (SSSR count). The van der Waals surface area contributed by atoms with Gasteiger partial charge in [-0.1, -0.05) is 23.5 Å². The average Bonchev–Trinajstić information content (AvgIpc) is 3.01. The second kappa shape index (κ2) is 6.71. The molecule has 9 nitrogen and oxygen atoms in total. The number of hydrogen-bond acceptors (Lipinski definition) is 8. The monoisotopic (exact) mass is 370 g/mol. The Labute approximate surface area is 142 Å². The minimum absolute atomic E-state index is 0.0196. The number of anilines is 1. The molecule has 0 spiro atoms. The van der Waals surface area contributed by atoms with Gasteiger partial charge in [0.25, 0.3) is 10.0 Å². The topological polar surface area (TPSA) is 120 Å². The molecule has 11 heteroatoms. The molecule has 0 bridgehead atoms. The van der Waals surface area contributed by atoms with Crippen LogP contribution in [0, 0.1) is 0 Å². The fraction of sp³-hybridized carbons (Fsp3) is 0.308. The molecular weight excluding hydrogens is 356 g/mol. The Balaban J connectivity index is 1.61. The summed E-state index contributed by atoms with van der Waals surface area (Å²) in [5.74, 6) is 0.840. The number of carbonyl (C=O) groups is 1. The molecule has 1 aromatic heterocycles. The molecule has 2 aromatic rings. The predicted molar refractivity (Wildman–Crippen MR) is 85.8 cm³/mol.